The molecule has 1 atom stereocenters. The van der Waals surface area contributed by atoms with Crippen LogP contribution in [-0.4, -0.2) is 27.4 Å². The summed E-state index contributed by atoms with van der Waals surface area (Å²) >= 11 is 0. The SMILES string of the molecule is CCC(C)NC(=O)Cn1c(CNC(=O)c2cccc(C)c2)nc2ccccc21. The van der Waals surface area contributed by atoms with Gasteiger partial charge in [0, 0.05) is 11.6 Å². The first-order chi connectivity index (χ1) is 13.5. The third-order valence-electron chi connectivity index (χ3n) is 4.74. The standard InChI is InChI=1S/C22H26N4O2/c1-4-16(3)24-21(27)14-26-19-11-6-5-10-18(19)25-20(26)13-23-22(28)17-9-7-8-15(2)12-17/h5-12,16H,4,13-14H2,1-3H3,(H,23,28)(H,24,27). The van der Waals surface area contributed by atoms with E-state index in [1.807, 2.05) is 67.8 Å². The van der Waals surface area contributed by atoms with Crippen LogP contribution in [0.4, 0.5) is 0 Å². The second kappa shape index (κ2) is 8.69. The zero-order valence-corrected chi connectivity index (χ0v) is 16.5. The van der Waals surface area contributed by atoms with Gasteiger partial charge in [-0.15, -0.1) is 0 Å². The molecule has 6 heteroatoms. The Morgan fingerprint density at radius 1 is 1.14 bits per heavy atom. The number of hydrogen-bond acceptors (Lipinski definition) is 3. The number of nitrogens with one attached hydrogen (secondary N) is 2. The summed E-state index contributed by atoms with van der Waals surface area (Å²) in [6.45, 7) is 6.38. The molecule has 1 unspecified atom stereocenters. The van der Waals surface area contributed by atoms with Gasteiger partial charge < -0.3 is 15.2 Å². The first-order valence-corrected chi connectivity index (χ1v) is 9.56. The highest BCUT2D eigenvalue weighted by atomic mass is 16.2. The lowest BCUT2D eigenvalue weighted by molar-refractivity contribution is -0.122. The Hall–Kier alpha value is -3.15. The number of rotatable bonds is 7. The van der Waals surface area contributed by atoms with Gasteiger partial charge in [0.05, 0.1) is 17.6 Å². The molecule has 0 spiro atoms. The quantitative estimate of drug-likeness (QED) is 0.663. The molecule has 2 aromatic carbocycles. The number of benzene rings is 2. The van der Waals surface area contributed by atoms with E-state index >= 15 is 0 Å². The summed E-state index contributed by atoms with van der Waals surface area (Å²) in [5.74, 6) is 0.427. The summed E-state index contributed by atoms with van der Waals surface area (Å²) in [7, 11) is 0. The van der Waals surface area contributed by atoms with Gasteiger partial charge in [0.1, 0.15) is 12.4 Å². The molecule has 0 radical (unpaired) electrons. The first-order valence-electron chi connectivity index (χ1n) is 9.56. The van der Waals surface area contributed by atoms with Crippen LogP contribution in [0.2, 0.25) is 0 Å². The topological polar surface area (TPSA) is 76.0 Å². The molecule has 0 aliphatic heterocycles. The molecule has 2 amide bonds. The number of amides is 2. The highest BCUT2D eigenvalue weighted by molar-refractivity contribution is 5.94. The van der Waals surface area contributed by atoms with Crippen molar-refractivity contribution in [2.24, 2.45) is 0 Å². The van der Waals surface area contributed by atoms with Crippen LogP contribution in [-0.2, 0) is 17.9 Å². The molecule has 3 aromatic rings. The average Bonchev–Trinajstić information content (AvgIpc) is 3.03. The van der Waals surface area contributed by atoms with Gasteiger partial charge in [0.25, 0.3) is 5.91 Å². The fourth-order valence-electron chi connectivity index (χ4n) is 3.05. The van der Waals surface area contributed by atoms with Crippen molar-refractivity contribution in [2.75, 3.05) is 0 Å². The second-order valence-corrected chi connectivity index (χ2v) is 7.03. The van der Waals surface area contributed by atoms with E-state index in [1.54, 1.807) is 6.07 Å². The molecule has 0 fully saturated rings. The molecule has 3 rings (SSSR count). The molecule has 2 N–H and O–H groups in total. The van der Waals surface area contributed by atoms with Crippen LogP contribution in [0.25, 0.3) is 11.0 Å². The third-order valence-corrected chi connectivity index (χ3v) is 4.74. The fraction of sp³-hybridized carbons (Fsp3) is 0.318. The van der Waals surface area contributed by atoms with E-state index < -0.39 is 0 Å². The van der Waals surface area contributed by atoms with E-state index in [4.69, 9.17) is 0 Å². The van der Waals surface area contributed by atoms with Gasteiger partial charge in [-0.05, 0) is 44.5 Å². The van der Waals surface area contributed by atoms with Crippen molar-refractivity contribution in [1.29, 1.82) is 0 Å². The average molecular weight is 378 g/mol. The van der Waals surface area contributed by atoms with Crippen molar-refractivity contribution in [3.8, 4) is 0 Å². The minimum absolute atomic E-state index is 0.0660. The van der Waals surface area contributed by atoms with E-state index in [2.05, 4.69) is 15.6 Å². The Morgan fingerprint density at radius 2 is 1.93 bits per heavy atom. The van der Waals surface area contributed by atoms with E-state index in [9.17, 15) is 9.59 Å². The van der Waals surface area contributed by atoms with Crippen LogP contribution >= 0.6 is 0 Å². The van der Waals surface area contributed by atoms with Crippen molar-refractivity contribution in [1.82, 2.24) is 20.2 Å². The van der Waals surface area contributed by atoms with Crippen LogP contribution in [0.15, 0.2) is 48.5 Å². The monoisotopic (exact) mass is 378 g/mol. The van der Waals surface area contributed by atoms with Crippen LogP contribution in [0.1, 0.15) is 42.0 Å². The zero-order chi connectivity index (χ0) is 20.1. The lowest BCUT2D eigenvalue weighted by Gasteiger charge is -2.14. The molecule has 1 aromatic heterocycles. The summed E-state index contributed by atoms with van der Waals surface area (Å²) in [6.07, 6.45) is 0.871. The molecular weight excluding hydrogens is 352 g/mol. The number of imidazole rings is 1. The molecule has 1 heterocycles. The van der Waals surface area contributed by atoms with Crippen molar-refractivity contribution >= 4 is 22.8 Å². The number of aryl methyl sites for hydroxylation is 1. The highest BCUT2D eigenvalue weighted by Gasteiger charge is 2.15. The minimum Gasteiger partial charge on any atom is -0.352 e. The number of carbonyl (C=O) groups is 2. The maximum absolute atomic E-state index is 12.5. The maximum Gasteiger partial charge on any atom is 0.251 e. The number of aromatic nitrogens is 2. The Morgan fingerprint density at radius 3 is 2.68 bits per heavy atom. The lowest BCUT2D eigenvalue weighted by atomic mass is 10.1. The maximum atomic E-state index is 12.5. The molecular formula is C22H26N4O2. The molecule has 28 heavy (non-hydrogen) atoms. The molecule has 0 bridgehead atoms. The van der Waals surface area contributed by atoms with E-state index in [1.165, 1.54) is 0 Å². The fourth-order valence-corrected chi connectivity index (χ4v) is 3.05. The summed E-state index contributed by atoms with van der Waals surface area (Å²) < 4.78 is 1.86. The van der Waals surface area contributed by atoms with Crippen LogP contribution in [0.5, 0.6) is 0 Å². The molecule has 146 valence electrons. The van der Waals surface area contributed by atoms with E-state index in [0.29, 0.717) is 11.4 Å². The van der Waals surface area contributed by atoms with Crippen LogP contribution in [0.3, 0.4) is 0 Å². The van der Waals surface area contributed by atoms with Crippen molar-refractivity contribution in [2.45, 2.75) is 46.3 Å². The van der Waals surface area contributed by atoms with Gasteiger partial charge in [-0.3, -0.25) is 9.59 Å². The van der Waals surface area contributed by atoms with Crippen molar-refractivity contribution in [3.05, 3.63) is 65.5 Å². The van der Waals surface area contributed by atoms with Gasteiger partial charge in [0.15, 0.2) is 0 Å². The predicted molar refractivity (Wildman–Crippen MR) is 110 cm³/mol. The van der Waals surface area contributed by atoms with Gasteiger partial charge in [-0.1, -0.05) is 36.8 Å². The van der Waals surface area contributed by atoms with Gasteiger partial charge in [-0.25, -0.2) is 4.98 Å². The molecule has 0 aliphatic rings. The minimum atomic E-state index is -0.161. The Balaban J connectivity index is 1.80. The lowest BCUT2D eigenvalue weighted by Crippen LogP contribution is -2.35. The summed E-state index contributed by atoms with van der Waals surface area (Å²) in [6, 6.07) is 15.2. The third kappa shape index (κ3) is 4.57. The molecule has 0 saturated carbocycles. The second-order valence-electron chi connectivity index (χ2n) is 7.03. The van der Waals surface area contributed by atoms with Gasteiger partial charge in [-0.2, -0.15) is 0 Å². The van der Waals surface area contributed by atoms with Crippen LogP contribution in [0, 0.1) is 6.92 Å². The summed E-state index contributed by atoms with van der Waals surface area (Å²) in [4.78, 5) is 29.5. The van der Waals surface area contributed by atoms with Gasteiger partial charge in [0.2, 0.25) is 5.91 Å². The summed E-state index contributed by atoms with van der Waals surface area (Å²) in [5.41, 5.74) is 3.32. The molecule has 0 saturated heterocycles. The normalized spacial score (nSPS) is 12.0. The van der Waals surface area contributed by atoms with Crippen LogP contribution < -0.4 is 10.6 Å². The number of carbonyl (C=O) groups excluding carboxylic acids is 2. The smallest absolute Gasteiger partial charge is 0.251 e. The largest absolute Gasteiger partial charge is 0.352 e. The van der Waals surface area contributed by atoms with E-state index in [0.717, 1.165) is 23.0 Å². The Bertz CT molecular complexity index is 993. The van der Waals surface area contributed by atoms with Crippen molar-refractivity contribution < 1.29 is 9.59 Å². The van der Waals surface area contributed by atoms with E-state index in [-0.39, 0.29) is 30.9 Å². The Kier molecular flexibility index (Phi) is 6.09. The van der Waals surface area contributed by atoms with Gasteiger partial charge >= 0.3 is 0 Å². The number of para-hydroxylation sites is 2. The zero-order valence-electron chi connectivity index (χ0n) is 16.5. The molecule has 0 aliphatic carbocycles. The number of hydrogen-bond donors (Lipinski definition) is 2. The number of fused-ring (bicyclic) bond motifs is 1. The first kappa shape index (κ1) is 19.6. The summed E-state index contributed by atoms with van der Waals surface area (Å²) in [5, 5.41) is 5.90. The molecule has 6 nitrogen and oxygen atoms in total. The highest BCUT2D eigenvalue weighted by Crippen LogP contribution is 2.16. The number of nitrogens with zero attached hydrogens (tertiary/aromatic N) is 2. The van der Waals surface area contributed by atoms with Crippen molar-refractivity contribution in [3.63, 3.8) is 0 Å². The Labute approximate surface area is 165 Å². The predicted octanol–water partition coefficient (Wildman–Crippen LogP) is 3.19.